The molecule has 0 unspecified atom stereocenters. The lowest BCUT2D eigenvalue weighted by Crippen LogP contribution is -2.12. The van der Waals surface area contributed by atoms with Crippen molar-refractivity contribution in [3.8, 4) is 11.7 Å². The number of rotatable bonds is 5. The van der Waals surface area contributed by atoms with Crippen molar-refractivity contribution in [1.29, 1.82) is 0 Å². The van der Waals surface area contributed by atoms with E-state index in [2.05, 4.69) is 29.4 Å². The topological polar surface area (TPSA) is 81.2 Å². The van der Waals surface area contributed by atoms with Crippen LogP contribution in [0.5, 0.6) is 0 Å². The van der Waals surface area contributed by atoms with Gasteiger partial charge >= 0.3 is 6.01 Å². The summed E-state index contributed by atoms with van der Waals surface area (Å²) < 4.78 is 11.2. The molecule has 0 aliphatic rings. The number of anilines is 1. The van der Waals surface area contributed by atoms with E-state index in [-0.39, 0.29) is 17.8 Å². The molecule has 1 N–H and O–H groups in total. The fourth-order valence-electron chi connectivity index (χ4n) is 2.61. The average Bonchev–Trinajstić information content (AvgIpc) is 3.27. The van der Waals surface area contributed by atoms with E-state index in [1.165, 1.54) is 0 Å². The van der Waals surface area contributed by atoms with E-state index >= 15 is 0 Å². The van der Waals surface area contributed by atoms with Gasteiger partial charge in [-0.1, -0.05) is 43.2 Å². The molecule has 0 bridgehead atoms. The lowest BCUT2D eigenvalue weighted by molar-refractivity contribution is 0.102. The molecule has 4 rings (SSSR count). The molecule has 136 valence electrons. The van der Waals surface area contributed by atoms with Gasteiger partial charge in [0.1, 0.15) is 5.58 Å². The van der Waals surface area contributed by atoms with Crippen LogP contribution in [0.4, 0.5) is 6.01 Å². The van der Waals surface area contributed by atoms with E-state index in [0.29, 0.717) is 16.6 Å². The molecule has 2 aromatic carbocycles. The molecule has 4 aromatic rings. The second-order valence-corrected chi connectivity index (χ2v) is 7.86. The van der Waals surface area contributed by atoms with Gasteiger partial charge in [0.25, 0.3) is 11.8 Å². The normalized spacial score (nSPS) is 11.2. The van der Waals surface area contributed by atoms with Crippen LogP contribution < -0.4 is 5.32 Å². The van der Waals surface area contributed by atoms with Crippen LogP contribution in [0, 0.1) is 0 Å². The van der Waals surface area contributed by atoms with Crippen molar-refractivity contribution in [1.82, 2.24) is 10.2 Å². The van der Waals surface area contributed by atoms with Crippen molar-refractivity contribution in [2.75, 3.05) is 5.32 Å². The van der Waals surface area contributed by atoms with Gasteiger partial charge in [-0.2, -0.15) is 0 Å². The highest BCUT2D eigenvalue weighted by molar-refractivity contribution is 7.99. The lowest BCUT2D eigenvalue weighted by atomic mass is 10.2. The number of benzene rings is 2. The molecule has 0 fully saturated rings. The van der Waals surface area contributed by atoms with Gasteiger partial charge in [0.05, 0.1) is 0 Å². The number of hydrogen-bond acceptors (Lipinski definition) is 6. The Labute approximate surface area is 160 Å². The first-order valence-electron chi connectivity index (χ1n) is 8.49. The first-order chi connectivity index (χ1) is 13.1. The SMILES string of the molecule is CC(C)Sc1cccc(C(=O)Nc2nnc(-c3cc4ccccc4o3)o2)c1. The number of fused-ring (bicyclic) bond motifs is 1. The second kappa shape index (κ2) is 7.28. The Balaban J connectivity index is 1.51. The Kier molecular flexibility index (Phi) is 4.68. The Morgan fingerprint density at radius 2 is 1.89 bits per heavy atom. The average molecular weight is 379 g/mol. The fourth-order valence-corrected chi connectivity index (χ4v) is 3.51. The first kappa shape index (κ1) is 17.4. The van der Waals surface area contributed by atoms with Gasteiger partial charge in [-0.3, -0.25) is 10.1 Å². The van der Waals surface area contributed by atoms with E-state index in [1.807, 2.05) is 48.5 Å². The van der Waals surface area contributed by atoms with Crippen molar-refractivity contribution in [3.05, 3.63) is 60.2 Å². The Hall–Kier alpha value is -3.06. The second-order valence-electron chi connectivity index (χ2n) is 6.21. The lowest BCUT2D eigenvalue weighted by Gasteiger charge is -2.06. The summed E-state index contributed by atoms with van der Waals surface area (Å²) in [7, 11) is 0. The Morgan fingerprint density at radius 1 is 1.04 bits per heavy atom. The number of carbonyl (C=O) groups is 1. The predicted molar refractivity (Wildman–Crippen MR) is 105 cm³/mol. The number of carbonyl (C=O) groups excluding carboxylic acids is 1. The fraction of sp³-hybridized carbons (Fsp3) is 0.150. The molecule has 0 atom stereocenters. The number of nitrogens with zero attached hydrogens (tertiary/aromatic N) is 2. The van der Waals surface area contributed by atoms with Gasteiger partial charge in [0.15, 0.2) is 5.76 Å². The number of amides is 1. The van der Waals surface area contributed by atoms with Crippen molar-refractivity contribution in [2.45, 2.75) is 24.0 Å². The summed E-state index contributed by atoms with van der Waals surface area (Å²) in [6.45, 7) is 4.21. The van der Waals surface area contributed by atoms with Gasteiger partial charge in [-0.25, -0.2) is 0 Å². The standard InChI is InChI=1S/C20H17N3O3S/c1-12(2)27-15-8-5-7-14(10-15)18(24)21-20-23-22-19(26-20)17-11-13-6-3-4-9-16(13)25-17/h3-12H,1-2H3,(H,21,23,24). The van der Waals surface area contributed by atoms with E-state index in [0.717, 1.165) is 15.9 Å². The number of thioether (sulfide) groups is 1. The molecule has 0 saturated heterocycles. The number of nitrogens with one attached hydrogen (secondary N) is 1. The monoisotopic (exact) mass is 379 g/mol. The highest BCUT2D eigenvalue weighted by Crippen LogP contribution is 2.28. The minimum Gasteiger partial charge on any atom is -0.451 e. The molecule has 27 heavy (non-hydrogen) atoms. The molecule has 2 heterocycles. The smallest absolute Gasteiger partial charge is 0.322 e. The maximum Gasteiger partial charge on any atom is 0.322 e. The summed E-state index contributed by atoms with van der Waals surface area (Å²) in [6, 6.07) is 16.9. The van der Waals surface area contributed by atoms with E-state index < -0.39 is 0 Å². The summed E-state index contributed by atoms with van der Waals surface area (Å²) >= 11 is 1.70. The maximum absolute atomic E-state index is 12.5. The van der Waals surface area contributed by atoms with Crippen LogP contribution in [-0.2, 0) is 0 Å². The Bertz CT molecular complexity index is 1070. The van der Waals surface area contributed by atoms with Crippen LogP contribution in [0.2, 0.25) is 0 Å². The molecule has 7 heteroatoms. The number of aromatic nitrogens is 2. The van der Waals surface area contributed by atoms with Crippen molar-refractivity contribution in [3.63, 3.8) is 0 Å². The molecule has 0 radical (unpaired) electrons. The molecular formula is C20H17N3O3S. The molecule has 0 aliphatic carbocycles. The third-order valence-corrected chi connectivity index (χ3v) is 4.75. The van der Waals surface area contributed by atoms with Crippen LogP contribution >= 0.6 is 11.8 Å². The van der Waals surface area contributed by atoms with Crippen LogP contribution in [0.15, 0.2) is 68.3 Å². The quantitative estimate of drug-likeness (QED) is 0.478. The highest BCUT2D eigenvalue weighted by atomic mass is 32.2. The Morgan fingerprint density at radius 3 is 2.70 bits per heavy atom. The summed E-state index contributed by atoms with van der Waals surface area (Å²) in [5.41, 5.74) is 1.26. The number of furan rings is 1. The minimum atomic E-state index is -0.305. The summed E-state index contributed by atoms with van der Waals surface area (Å²) in [4.78, 5) is 13.5. The molecular weight excluding hydrogens is 362 g/mol. The molecule has 0 saturated carbocycles. The van der Waals surface area contributed by atoms with Crippen LogP contribution in [0.3, 0.4) is 0 Å². The first-order valence-corrected chi connectivity index (χ1v) is 9.37. The molecule has 6 nitrogen and oxygen atoms in total. The summed E-state index contributed by atoms with van der Waals surface area (Å²) in [5.74, 6) is 0.367. The largest absolute Gasteiger partial charge is 0.451 e. The third-order valence-electron chi connectivity index (χ3n) is 3.75. The zero-order valence-corrected chi connectivity index (χ0v) is 15.6. The van der Waals surface area contributed by atoms with Crippen LogP contribution in [-0.4, -0.2) is 21.4 Å². The van der Waals surface area contributed by atoms with Crippen molar-refractivity contribution >= 4 is 34.7 Å². The van der Waals surface area contributed by atoms with Crippen LogP contribution in [0.1, 0.15) is 24.2 Å². The minimum absolute atomic E-state index is 0.0253. The summed E-state index contributed by atoms with van der Waals surface area (Å²) in [5, 5.41) is 11.9. The molecule has 2 aromatic heterocycles. The molecule has 0 aliphatic heterocycles. The van der Waals surface area contributed by atoms with Gasteiger partial charge in [-0.05, 0) is 30.3 Å². The zero-order valence-electron chi connectivity index (χ0n) is 14.8. The van der Waals surface area contributed by atoms with Gasteiger partial charge < -0.3 is 8.83 Å². The van der Waals surface area contributed by atoms with E-state index in [1.54, 1.807) is 17.8 Å². The summed E-state index contributed by atoms with van der Waals surface area (Å²) in [6.07, 6.45) is 0. The van der Waals surface area contributed by atoms with Gasteiger partial charge in [0, 0.05) is 21.1 Å². The molecule has 0 spiro atoms. The zero-order chi connectivity index (χ0) is 18.8. The number of hydrogen-bond donors (Lipinski definition) is 1. The maximum atomic E-state index is 12.5. The highest BCUT2D eigenvalue weighted by Gasteiger charge is 2.16. The van der Waals surface area contributed by atoms with E-state index in [9.17, 15) is 4.79 Å². The predicted octanol–water partition coefficient (Wildman–Crippen LogP) is 5.24. The molecule has 1 amide bonds. The van der Waals surface area contributed by atoms with Crippen molar-refractivity contribution < 1.29 is 13.6 Å². The van der Waals surface area contributed by atoms with Gasteiger partial charge in [-0.15, -0.1) is 16.9 Å². The van der Waals surface area contributed by atoms with Crippen molar-refractivity contribution in [2.24, 2.45) is 0 Å². The van der Waals surface area contributed by atoms with E-state index in [4.69, 9.17) is 8.83 Å². The van der Waals surface area contributed by atoms with Gasteiger partial charge in [0.2, 0.25) is 0 Å². The third kappa shape index (κ3) is 3.88. The number of para-hydroxylation sites is 1. The van der Waals surface area contributed by atoms with Crippen LogP contribution in [0.25, 0.3) is 22.6 Å².